The van der Waals surface area contributed by atoms with Crippen molar-refractivity contribution in [3.63, 3.8) is 0 Å². The SMILES string of the molecule is CCOC(=O)N1CCN(c2ccnc3[nH]c(-c4cnn(C(F)F)c4)c(C#N)c23)CC1. The molecule has 30 heavy (non-hydrogen) atoms. The summed E-state index contributed by atoms with van der Waals surface area (Å²) in [6, 6.07) is 3.98. The minimum Gasteiger partial charge on any atom is -0.450 e. The van der Waals surface area contributed by atoms with Crippen LogP contribution in [0.3, 0.4) is 0 Å². The Morgan fingerprint density at radius 3 is 2.77 bits per heavy atom. The fourth-order valence-electron chi connectivity index (χ4n) is 3.61. The van der Waals surface area contributed by atoms with Crippen LogP contribution in [0, 0.1) is 11.3 Å². The fourth-order valence-corrected chi connectivity index (χ4v) is 3.61. The Morgan fingerprint density at radius 1 is 1.37 bits per heavy atom. The van der Waals surface area contributed by atoms with Crippen molar-refractivity contribution in [2.24, 2.45) is 0 Å². The van der Waals surface area contributed by atoms with Crippen molar-refractivity contribution >= 4 is 22.8 Å². The highest BCUT2D eigenvalue weighted by atomic mass is 19.3. The third-order valence-electron chi connectivity index (χ3n) is 5.02. The monoisotopic (exact) mass is 415 g/mol. The molecule has 0 unspecified atom stereocenters. The van der Waals surface area contributed by atoms with Gasteiger partial charge < -0.3 is 19.5 Å². The number of amides is 1. The molecule has 0 aromatic carbocycles. The highest BCUT2D eigenvalue weighted by Gasteiger charge is 2.26. The molecular formula is C19H19F2N7O2. The van der Waals surface area contributed by atoms with Crippen LogP contribution in [-0.2, 0) is 4.74 Å². The van der Waals surface area contributed by atoms with E-state index >= 15 is 0 Å². The Morgan fingerprint density at radius 2 is 2.13 bits per heavy atom. The highest BCUT2D eigenvalue weighted by molar-refractivity contribution is 6.00. The molecule has 156 valence electrons. The summed E-state index contributed by atoms with van der Waals surface area (Å²) in [5.74, 6) is 0. The molecule has 3 aromatic heterocycles. The predicted molar refractivity (Wildman–Crippen MR) is 104 cm³/mol. The Labute approximate surface area is 170 Å². The molecule has 0 radical (unpaired) electrons. The molecule has 1 amide bonds. The van der Waals surface area contributed by atoms with Gasteiger partial charge in [0.1, 0.15) is 11.7 Å². The van der Waals surface area contributed by atoms with Gasteiger partial charge in [0.25, 0.3) is 0 Å². The lowest BCUT2D eigenvalue weighted by Crippen LogP contribution is -2.49. The molecule has 1 fully saturated rings. The maximum Gasteiger partial charge on any atom is 0.409 e. The summed E-state index contributed by atoms with van der Waals surface area (Å²) in [5, 5.41) is 14.1. The average Bonchev–Trinajstić information content (AvgIpc) is 3.38. The normalized spacial score (nSPS) is 14.4. The van der Waals surface area contributed by atoms with Gasteiger partial charge in [0.05, 0.1) is 35.1 Å². The number of H-pyrrole nitrogens is 1. The van der Waals surface area contributed by atoms with E-state index in [4.69, 9.17) is 4.74 Å². The molecule has 0 spiro atoms. The maximum atomic E-state index is 12.9. The number of alkyl halides is 2. The van der Waals surface area contributed by atoms with Crippen LogP contribution in [0.4, 0.5) is 19.3 Å². The number of pyridine rings is 1. The number of halogens is 2. The number of rotatable bonds is 4. The van der Waals surface area contributed by atoms with Crippen LogP contribution >= 0.6 is 0 Å². The average molecular weight is 415 g/mol. The third-order valence-corrected chi connectivity index (χ3v) is 5.02. The van der Waals surface area contributed by atoms with Gasteiger partial charge in [-0.2, -0.15) is 19.1 Å². The first-order valence-electron chi connectivity index (χ1n) is 9.43. The molecule has 1 aliphatic rings. The number of carbonyl (C=O) groups is 1. The molecule has 1 N–H and O–H groups in total. The van der Waals surface area contributed by atoms with Crippen LogP contribution in [0.5, 0.6) is 0 Å². The van der Waals surface area contributed by atoms with E-state index in [2.05, 4.69) is 26.0 Å². The smallest absolute Gasteiger partial charge is 0.409 e. The summed E-state index contributed by atoms with van der Waals surface area (Å²) >= 11 is 0. The largest absolute Gasteiger partial charge is 0.450 e. The maximum absolute atomic E-state index is 12.9. The number of aromatic nitrogens is 4. The standard InChI is InChI=1S/C19H19F2N7O2/c1-2-30-19(29)27-7-5-26(6-8-27)14-3-4-23-17-15(14)13(9-22)16(25-17)12-10-24-28(11-12)18(20)21/h3-4,10-11,18H,2,5-8H2,1H3,(H,23,25). The molecule has 0 bridgehead atoms. The van der Waals surface area contributed by atoms with Crippen LogP contribution < -0.4 is 4.90 Å². The van der Waals surface area contributed by atoms with Crippen molar-refractivity contribution in [1.29, 1.82) is 5.26 Å². The lowest BCUT2D eigenvalue weighted by atomic mass is 10.1. The van der Waals surface area contributed by atoms with E-state index in [9.17, 15) is 18.8 Å². The van der Waals surface area contributed by atoms with Gasteiger partial charge in [0.2, 0.25) is 0 Å². The number of piperazine rings is 1. The van der Waals surface area contributed by atoms with Crippen LogP contribution in [0.1, 0.15) is 19.0 Å². The molecule has 0 atom stereocenters. The molecule has 1 saturated heterocycles. The zero-order valence-corrected chi connectivity index (χ0v) is 16.2. The molecule has 0 saturated carbocycles. The van der Waals surface area contributed by atoms with Crippen LogP contribution in [0.25, 0.3) is 22.3 Å². The van der Waals surface area contributed by atoms with Gasteiger partial charge in [-0.1, -0.05) is 0 Å². The molecular weight excluding hydrogens is 396 g/mol. The minimum absolute atomic E-state index is 0.315. The Balaban J connectivity index is 1.68. The number of anilines is 1. The number of fused-ring (bicyclic) bond motifs is 1. The molecule has 1 aliphatic heterocycles. The first-order valence-corrected chi connectivity index (χ1v) is 9.43. The summed E-state index contributed by atoms with van der Waals surface area (Å²) in [4.78, 5) is 23.0. The number of nitrogens with one attached hydrogen (secondary N) is 1. The van der Waals surface area contributed by atoms with Crippen molar-refractivity contribution in [1.82, 2.24) is 24.6 Å². The Hall–Kier alpha value is -3.68. The Bertz CT molecular complexity index is 1110. The van der Waals surface area contributed by atoms with E-state index in [0.29, 0.717) is 65.3 Å². The summed E-state index contributed by atoms with van der Waals surface area (Å²) in [5.41, 5.74) is 2.36. The zero-order chi connectivity index (χ0) is 21.3. The summed E-state index contributed by atoms with van der Waals surface area (Å²) in [6.45, 7) is 1.42. The first kappa shape index (κ1) is 19.6. The highest BCUT2D eigenvalue weighted by Crippen LogP contribution is 2.35. The van der Waals surface area contributed by atoms with Gasteiger partial charge in [0, 0.05) is 44.1 Å². The van der Waals surface area contributed by atoms with Gasteiger partial charge in [-0.3, -0.25) is 0 Å². The first-order chi connectivity index (χ1) is 14.5. The second-order valence-corrected chi connectivity index (χ2v) is 6.70. The number of ether oxygens (including phenoxy) is 1. The van der Waals surface area contributed by atoms with Gasteiger partial charge >= 0.3 is 12.6 Å². The predicted octanol–water partition coefficient (Wildman–Crippen LogP) is 2.97. The van der Waals surface area contributed by atoms with Crippen molar-refractivity contribution in [2.45, 2.75) is 13.5 Å². The summed E-state index contributed by atoms with van der Waals surface area (Å²) in [7, 11) is 0. The molecule has 0 aliphatic carbocycles. The van der Waals surface area contributed by atoms with Crippen molar-refractivity contribution in [2.75, 3.05) is 37.7 Å². The zero-order valence-electron chi connectivity index (χ0n) is 16.2. The quantitative estimate of drug-likeness (QED) is 0.703. The minimum atomic E-state index is -2.77. The summed E-state index contributed by atoms with van der Waals surface area (Å²) in [6.07, 6.45) is 3.76. The number of nitriles is 1. The van der Waals surface area contributed by atoms with Gasteiger partial charge in [-0.15, -0.1) is 0 Å². The van der Waals surface area contributed by atoms with Gasteiger partial charge in [0.15, 0.2) is 0 Å². The van der Waals surface area contributed by atoms with E-state index in [1.807, 2.05) is 6.07 Å². The third kappa shape index (κ3) is 3.41. The van der Waals surface area contributed by atoms with E-state index < -0.39 is 6.55 Å². The molecule has 4 rings (SSSR count). The van der Waals surface area contributed by atoms with E-state index in [0.717, 1.165) is 5.69 Å². The van der Waals surface area contributed by atoms with E-state index in [1.54, 1.807) is 18.0 Å². The van der Waals surface area contributed by atoms with Gasteiger partial charge in [-0.05, 0) is 13.0 Å². The lowest BCUT2D eigenvalue weighted by Gasteiger charge is -2.35. The van der Waals surface area contributed by atoms with E-state index in [-0.39, 0.29) is 6.09 Å². The number of hydrogen-bond acceptors (Lipinski definition) is 6. The number of aromatic amines is 1. The number of carbonyl (C=O) groups excluding carboxylic acids is 1. The summed E-state index contributed by atoms with van der Waals surface area (Å²) < 4.78 is 31.4. The van der Waals surface area contributed by atoms with Crippen LogP contribution in [0.15, 0.2) is 24.7 Å². The lowest BCUT2D eigenvalue weighted by molar-refractivity contribution is 0.0566. The fraction of sp³-hybridized carbons (Fsp3) is 0.368. The second kappa shape index (κ2) is 7.98. The van der Waals surface area contributed by atoms with Crippen molar-refractivity contribution in [3.8, 4) is 17.3 Å². The van der Waals surface area contributed by atoms with Crippen LogP contribution in [0.2, 0.25) is 0 Å². The van der Waals surface area contributed by atoms with E-state index in [1.165, 1.54) is 12.4 Å². The number of nitrogens with zero attached hydrogens (tertiary/aromatic N) is 6. The Kier molecular flexibility index (Phi) is 5.22. The van der Waals surface area contributed by atoms with Crippen LogP contribution in [-0.4, -0.2) is 63.5 Å². The molecule has 3 aromatic rings. The van der Waals surface area contributed by atoms with Crippen molar-refractivity contribution < 1.29 is 18.3 Å². The molecule has 4 heterocycles. The molecule has 11 heteroatoms. The second-order valence-electron chi connectivity index (χ2n) is 6.70. The number of hydrogen-bond donors (Lipinski definition) is 1. The molecule has 9 nitrogen and oxygen atoms in total. The van der Waals surface area contributed by atoms with Gasteiger partial charge in [-0.25, -0.2) is 14.5 Å². The topological polar surface area (TPSA) is 103 Å². The van der Waals surface area contributed by atoms with Crippen molar-refractivity contribution in [3.05, 3.63) is 30.2 Å².